The van der Waals surface area contributed by atoms with Crippen LogP contribution >= 0.6 is 0 Å². The van der Waals surface area contributed by atoms with Gasteiger partial charge >= 0.3 is 0 Å². The van der Waals surface area contributed by atoms with Crippen molar-refractivity contribution in [2.24, 2.45) is 9.98 Å². The van der Waals surface area contributed by atoms with E-state index in [9.17, 15) is 0 Å². The van der Waals surface area contributed by atoms with Crippen molar-refractivity contribution in [2.45, 2.75) is 45.1 Å². The van der Waals surface area contributed by atoms with E-state index in [-0.39, 0.29) is 0 Å². The molecule has 0 bridgehead atoms. The maximum absolute atomic E-state index is 4.82. The zero-order valence-electron chi connectivity index (χ0n) is 14.6. The average molecular weight is 330 g/mol. The highest BCUT2D eigenvalue weighted by Crippen LogP contribution is 2.32. The molecular weight excluding hydrogens is 308 g/mol. The highest BCUT2D eigenvalue weighted by molar-refractivity contribution is 6.18. The molecular formula is C21H22N4. The average Bonchev–Trinajstić information content (AvgIpc) is 3.39. The molecule has 0 N–H and O–H groups in total. The van der Waals surface area contributed by atoms with Gasteiger partial charge in [0.25, 0.3) is 0 Å². The first-order chi connectivity index (χ1) is 12.3. The van der Waals surface area contributed by atoms with Crippen LogP contribution in [0.15, 0.2) is 57.8 Å². The molecule has 4 heteroatoms. The van der Waals surface area contributed by atoms with Gasteiger partial charge in [0.1, 0.15) is 0 Å². The Morgan fingerprint density at radius 2 is 2.04 bits per heavy atom. The second-order valence-electron chi connectivity index (χ2n) is 7.26. The normalized spacial score (nSPS) is 20.8. The molecule has 2 aliphatic carbocycles. The Bertz CT molecular complexity index is 965. The number of allylic oxidation sites excluding steroid dienone is 3. The molecule has 1 aliphatic heterocycles. The molecule has 2 heterocycles. The third kappa shape index (κ3) is 2.48. The Kier molecular flexibility index (Phi) is 3.44. The fraction of sp³-hybridized carbons (Fsp3) is 0.381. The van der Waals surface area contributed by atoms with E-state index >= 15 is 0 Å². The van der Waals surface area contributed by atoms with Gasteiger partial charge in [-0.1, -0.05) is 31.1 Å². The molecule has 0 radical (unpaired) electrons. The largest absolute Gasteiger partial charge is 0.327 e. The summed E-state index contributed by atoms with van der Waals surface area (Å²) in [6.45, 7) is 2.80. The van der Waals surface area contributed by atoms with Crippen LogP contribution < -0.4 is 0 Å². The Morgan fingerprint density at radius 3 is 2.84 bits per heavy atom. The maximum atomic E-state index is 4.82. The summed E-state index contributed by atoms with van der Waals surface area (Å²) in [4.78, 5) is 14.1. The van der Waals surface area contributed by atoms with Crippen LogP contribution in [0.3, 0.4) is 0 Å². The first-order valence-electron chi connectivity index (χ1n) is 9.25. The van der Waals surface area contributed by atoms with E-state index in [4.69, 9.17) is 4.99 Å². The zero-order chi connectivity index (χ0) is 16.8. The third-order valence-electron chi connectivity index (χ3n) is 5.68. The quantitative estimate of drug-likeness (QED) is 0.809. The van der Waals surface area contributed by atoms with Gasteiger partial charge in [-0.25, -0.2) is 9.98 Å². The third-order valence-corrected chi connectivity index (χ3v) is 5.68. The summed E-state index contributed by atoms with van der Waals surface area (Å²) in [5.74, 6) is 0.911. The predicted octanol–water partition coefficient (Wildman–Crippen LogP) is 4.63. The molecule has 1 saturated carbocycles. The molecule has 126 valence electrons. The van der Waals surface area contributed by atoms with Crippen LogP contribution in [0.2, 0.25) is 0 Å². The van der Waals surface area contributed by atoms with Crippen molar-refractivity contribution >= 4 is 22.6 Å². The number of hydrogen-bond acceptors (Lipinski definition) is 3. The number of hydrogen-bond donors (Lipinski definition) is 0. The van der Waals surface area contributed by atoms with Crippen molar-refractivity contribution in [2.75, 3.05) is 6.54 Å². The Morgan fingerprint density at radius 1 is 1.16 bits per heavy atom. The molecule has 0 saturated heterocycles. The Hall–Kier alpha value is -2.49. The van der Waals surface area contributed by atoms with Crippen molar-refractivity contribution in [1.82, 2.24) is 9.55 Å². The molecule has 0 unspecified atom stereocenters. The van der Waals surface area contributed by atoms with Crippen molar-refractivity contribution in [3.05, 3.63) is 53.4 Å². The van der Waals surface area contributed by atoms with E-state index in [0.717, 1.165) is 29.0 Å². The van der Waals surface area contributed by atoms with Gasteiger partial charge in [0.05, 0.1) is 29.6 Å². The van der Waals surface area contributed by atoms with Crippen LogP contribution in [-0.4, -0.2) is 27.6 Å². The second-order valence-corrected chi connectivity index (χ2v) is 7.26. The van der Waals surface area contributed by atoms with E-state index in [1.807, 2.05) is 6.33 Å². The van der Waals surface area contributed by atoms with E-state index in [1.54, 1.807) is 0 Å². The number of imidazole rings is 1. The summed E-state index contributed by atoms with van der Waals surface area (Å²) in [7, 11) is 0. The fourth-order valence-corrected chi connectivity index (χ4v) is 4.23. The minimum Gasteiger partial charge on any atom is -0.327 e. The van der Waals surface area contributed by atoms with E-state index in [1.165, 1.54) is 42.3 Å². The number of amidine groups is 1. The van der Waals surface area contributed by atoms with Crippen molar-refractivity contribution in [3.63, 3.8) is 0 Å². The highest BCUT2D eigenvalue weighted by atomic mass is 15.1. The topological polar surface area (TPSA) is 42.5 Å². The van der Waals surface area contributed by atoms with Crippen molar-refractivity contribution in [1.29, 1.82) is 0 Å². The van der Waals surface area contributed by atoms with E-state index in [2.05, 4.69) is 51.8 Å². The van der Waals surface area contributed by atoms with Gasteiger partial charge in [0.15, 0.2) is 5.84 Å². The molecule has 3 aliphatic rings. The highest BCUT2D eigenvalue weighted by Gasteiger charge is 2.21. The Balaban J connectivity index is 1.45. The molecule has 0 amide bonds. The molecule has 0 spiro atoms. The van der Waals surface area contributed by atoms with Gasteiger partial charge < -0.3 is 4.57 Å². The van der Waals surface area contributed by atoms with Gasteiger partial charge in [-0.2, -0.15) is 0 Å². The summed E-state index contributed by atoms with van der Waals surface area (Å²) in [5.41, 5.74) is 7.06. The first kappa shape index (κ1) is 14.8. The summed E-state index contributed by atoms with van der Waals surface area (Å²) in [6, 6.07) is 7.19. The van der Waals surface area contributed by atoms with Crippen molar-refractivity contribution < 1.29 is 0 Å². The van der Waals surface area contributed by atoms with E-state index in [0.29, 0.717) is 12.6 Å². The van der Waals surface area contributed by atoms with Gasteiger partial charge in [0, 0.05) is 17.2 Å². The molecule has 1 aromatic carbocycles. The van der Waals surface area contributed by atoms with Crippen LogP contribution in [0.5, 0.6) is 0 Å². The number of aromatic nitrogens is 2. The molecule has 25 heavy (non-hydrogen) atoms. The van der Waals surface area contributed by atoms with Crippen LogP contribution in [-0.2, 0) is 0 Å². The molecule has 4 nitrogen and oxygen atoms in total. The summed E-state index contributed by atoms with van der Waals surface area (Å²) < 4.78 is 2.36. The number of fused-ring (bicyclic) bond motifs is 1. The van der Waals surface area contributed by atoms with Gasteiger partial charge in [-0.3, -0.25) is 4.99 Å². The van der Waals surface area contributed by atoms with Crippen LogP contribution in [0.4, 0.5) is 0 Å². The molecule has 1 fully saturated rings. The smallest absolute Gasteiger partial charge is 0.151 e. The maximum Gasteiger partial charge on any atom is 0.151 e. The van der Waals surface area contributed by atoms with E-state index < -0.39 is 0 Å². The SMILES string of the molecule is CC1=C(C2=NCC(c3ccc4c(c3)ncn4C3CCCC3)=N2)CC=C1. The fourth-order valence-electron chi connectivity index (χ4n) is 4.23. The lowest BCUT2D eigenvalue weighted by Gasteiger charge is -2.12. The first-order valence-corrected chi connectivity index (χ1v) is 9.25. The number of nitrogens with zero attached hydrogens (tertiary/aromatic N) is 4. The monoisotopic (exact) mass is 330 g/mol. The summed E-state index contributed by atoms with van der Waals surface area (Å²) in [5, 5.41) is 0. The molecule has 0 atom stereocenters. The van der Waals surface area contributed by atoms with Crippen LogP contribution in [0.1, 0.15) is 50.6 Å². The number of benzene rings is 1. The lowest BCUT2D eigenvalue weighted by Crippen LogP contribution is -2.04. The standard InChI is InChI=1S/C21H22N4/c1-14-5-4-8-17(14)21-22-12-19(24-21)15-9-10-20-18(11-15)23-13-25(20)16-6-2-3-7-16/h4-5,9-11,13,16H,2-3,6-8,12H2,1H3. The van der Waals surface area contributed by atoms with Gasteiger partial charge in [0.2, 0.25) is 0 Å². The minimum atomic E-state index is 0.624. The lowest BCUT2D eigenvalue weighted by atomic mass is 10.1. The molecule has 1 aromatic heterocycles. The summed E-state index contributed by atoms with van der Waals surface area (Å²) in [6.07, 6.45) is 12.5. The van der Waals surface area contributed by atoms with Gasteiger partial charge in [-0.05, 0) is 43.9 Å². The summed E-state index contributed by atoms with van der Waals surface area (Å²) >= 11 is 0. The Labute approximate surface area is 147 Å². The predicted molar refractivity (Wildman–Crippen MR) is 103 cm³/mol. The van der Waals surface area contributed by atoms with Crippen molar-refractivity contribution in [3.8, 4) is 0 Å². The van der Waals surface area contributed by atoms with Gasteiger partial charge in [-0.15, -0.1) is 0 Å². The number of rotatable bonds is 3. The van der Waals surface area contributed by atoms with Crippen LogP contribution in [0.25, 0.3) is 11.0 Å². The lowest BCUT2D eigenvalue weighted by molar-refractivity contribution is 0.532. The van der Waals surface area contributed by atoms with Crippen LogP contribution in [0, 0.1) is 0 Å². The zero-order valence-corrected chi connectivity index (χ0v) is 14.6. The molecule has 5 rings (SSSR count). The number of aliphatic imine (C=N–C) groups is 2. The second kappa shape index (κ2) is 5.80. The molecule has 2 aromatic rings. The minimum absolute atomic E-state index is 0.624.